The summed E-state index contributed by atoms with van der Waals surface area (Å²) in [5, 5.41) is 5.77. The molecule has 3 rings (SSSR count). The predicted molar refractivity (Wildman–Crippen MR) is 111 cm³/mol. The van der Waals surface area contributed by atoms with Gasteiger partial charge in [0.1, 0.15) is 5.75 Å². The van der Waals surface area contributed by atoms with Crippen molar-refractivity contribution >= 4 is 29.0 Å². The molecular formula is C21H26N4O3. The van der Waals surface area contributed by atoms with Crippen molar-refractivity contribution in [3.8, 4) is 5.75 Å². The molecule has 1 aliphatic heterocycles. The number of rotatable bonds is 4. The number of hydrogen-bond donors (Lipinski definition) is 3. The lowest BCUT2D eigenvalue weighted by atomic mass is 9.97. The van der Waals surface area contributed by atoms with E-state index in [4.69, 9.17) is 10.5 Å². The number of carbonyl (C=O) groups excluding carboxylic acids is 2. The van der Waals surface area contributed by atoms with Crippen molar-refractivity contribution in [2.45, 2.75) is 19.8 Å². The van der Waals surface area contributed by atoms with Crippen LogP contribution >= 0.6 is 0 Å². The number of aryl methyl sites for hydroxylation is 1. The second kappa shape index (κ2) is 8.65. The van der Waals surface area contributed by atoms with E-state index < -0.39 is 0 Å². The largest absolute Gasteiger partial charge is 0.497 e. The summed E-state index contributed by atoms with van der Waals surface area (Å²) < 4.78 is 5.18. The van der Waals surface area contributed by atoms with Crippen molar-refractivity contribution in [2.75, 3.05) is 36.6 Å². The zero-order chi connectivity index (χ0) is 20.1. The average molecular weight is 382 g/mol. The van der Waals surface area contributed by atoms with E-state index in [1.807, 2.05) is 31.2 Å². The third-order valence-electron chi connectivity index (χ3n) is 4.87. The predicted octanol–water partition coefficient (Wildman–Crippen LogP) is 3.47. The maximum atomic E-state index is 12.7. The molecule has 7 heteroatoms. The van der Waals surface area contributed by atoms with Crippen LogP contribution in [0.25, 0.3) is 0 Å². The summed E-state index contributed by atoms with van der Waals surface area (Å²) in [4.78, 5) is 27.0. The molecule has 1 saturated heterocycles. The van der Waals surface area contributed by atoms with E-state index in [-0.39, 0.29) is 17.9 Å². The minimum absolute atomic E-state index is 0.145. The monoisotopic (exact) mass is 382 g/mol. The number of amides is 3. The number of benzene rings is 2. The number of hydrogen-bond acceptors (Lipinski definition) is 4. The number of anilines is 3. The SMILES string of the molecule is COc1ccc(N)c(NC(=O)C2CCCN(C(=O)Nc3cccc(C)c3)C2)c1. The molecule has 1 heterocycles. The van der Waals surface area contributed by atoms with Gasteiger partial charge in [-0.05, 0) is 49.6 Å². The van der Waals surface area contributed by atoms with E-state index in [2.05, 4.69) is 10.6 Å². The van der Waals surface area contributed by atoms with Gasteiger partial charge in [0.15, 0.2) is 0 Å². The first-order valence-corrected chi connectivity index (χ1v) is 9.33. The van der Waals surface area contributed by atoms with E-state index in [9.17, 15) is 9.59 Å². The highest BCUT2D eigenvalue weighted by atomic mass is 16.5. The van der Waals surface area contributed by atoms with Crippen LogP contribution in [0.4, 0.5) is 21.9 Å². The molecule has 4 N–H and O–H groups in total. The molecule has 0 bridgehead atoms. The van der Waals surface area contributed by atoms with Crippen LogP contribution in [-0.4, -0.2) is 37.0 Å². The van der Waals surface area contributed by atoms with Gasteiger partial charge in [-0.2, -0.15) is 0 Å². The van der Waals surface area contributed by atoms with E-state index in [0.717, 1.165) is 24.1 Å². The first kappa shape index (κ1) is 19.5. The van der Waals surface area contributed by atoms with E-state index in [0.29, 0.717) is 30.2 Å². The summed E-state index contributed by atoms with van der Waals surface area (Å²) in [6.45, 7) is 2.97. The van der Waals surface area contributed by atoms with Gasteiger partial charge in [0.25, 0.3) is 0 Å². The fourth-order valence-electron chi connectivity index (χ4n) is 3.31. The zero-order valence-corrected chi connectivity index (χ0v) is 16.2. The highest BCUT2D eigenvalue weighted by Gasteiger charge is 2.29. The number of likely N-dealkylation sites (tertiary alicyclic amines) is 1. The Kier molecular flexibility index (Phi) is 6.03. The van der Waals surface area contributed by atoms with Gasteiger partial charge in [-0.15, -0.1) is 0 Å². The van der Waals surface area contributed by atoms with Crippen molar-refractivity contribution in [1.29, 1.82) is 0 Å². The second-order valence-corrected chi connectivity index (χ2v) is 7.03. The van der Waals surface area contributed by atoms with Gasteiger partial charge in [-0.1, -0.05) is 12.1 Å². The standard InChI is InChI=1S/C21H26N4O3/c1-14-5-3-7-16(11-14)23-21(27)25-10-4-6-15(13-25)20(26)24-19-12-17(28-2)8-9-18(19)22/h3,5,7-9,11-12,15H,4,6,10,13,22H2,1-2H3,(H,23,27)(H,24,26). The van der Waals surface area contributed by atoms with Crippen LogP contribution in [0.15, 0.2) is 42.5 Å². The number of piperidine rings is 1. The van der Waals surface area contributed by atoms with E-state index in [1.54, 1.807) is 30.2 Å². The molecular weight excluding hydrogens is 356 g/mol. The summed E-state index contributed by atoms with van der Waals surface area (Å²) >= 11 is 0. The molecule has 0 aromatic heterocycles. The van der Waals surface area contributed by atoms with Crippen LogP contribution in [0.5, 0.6) is 5.75 Å². The van der Waals surface area contributed by atoms with Gasteiger partial charge < -0.3 is 26.0 Å². The molecule has 1 fully saturated rings. The van der Waals surface area contributed by atoms with Crippen molar-refractivity contribution in [1.82, 2.24) is 4.90 Å². The summed E-state index contributed by atoms with van der Waals surface area (Å²) in [6.07, 6.45) is 1.50. The number of nitrogens with zero attached hydrogens (tertiary/aromatic N) is 1. The first-order valence-electron chi connectivity index (χ1n) is 9.33. The molecule has 148 valence electrons. The minimum atomic E-state index is -0.289. The quantitative estimate of drug-likeness (QED) is 0.706. The van der Waals surface area contributed by atoms with Crippen LogP contribution in [0, 0.1) is 12.8 Å². The Morgan fingerprint density at radius 3 is 2.75 bits per heavy atom. The fourth-order valence-corrected chi connectivity index (χ4v) is 3.31. The maximum Gasteiger partial charge on any atom is 0.321 e. The number of nitrogen functional groups attached to an aromatic ring is 1. The van der Waals surface area contributed by atoms with Crippen LogP contribution < -0.4 is 21.1 Å². The van der Waals surface area contributed by atoms with Crippen LogP contribution in [0.3, 0.4) is 0 Å². The lowest BCUT2D eigenvalue weighted by Gasteiger charge is -2.32. The summed E-state index contributed by atoms with van der Waals surface area (Å²) in [5.41, 5.74) is 8.77. The molecule has 0 saturated carbocycles. The maximum absolute atomic E-state index is 12.7. The minimum Gasteiger partial charge on any atom is -0.497 e. The van der Waals surface area contributed by atoms with Crippen molar-refractivity contribution in [2.24, 2.45) is 5.92 Å². The number of methoxy groups -OCH3 is 1. The number of nitrogens with two attached hydrogens (primary N) is 1. The van der Waals surface area contributed by atoms with Gasteiger partial charge in [0, 0.05) is 24.8 Å². The number of urea groups is 1. The lowest BCUT2D eigenvalue weighted by molar-refractivity contribution is -0.121. The second-order valence-electron chi connectivity index (χ2n) is 7.03. The molecule has 0 radical (unpaired) electrons. The van der Waals surface area contributed by atoms with Crippen LogP contribution in [0.2, 0.25) is 0 Å². The average Bonchev–Trinajstić information content (AvgIpc) is 2.69. The van der Waals surface area contributed by atoms with E-state index in [1.165, 1.54) is 0 Å². The molecule has 2 aromatic carbocycles. The summed E-state index contributed by atoms with van der Waals surface area (Å²) in [6, 6.07) is 12.6. The Hall–Kier alpha value is -3.22. The Morgan fingerprint density at radius 1 is 1.18 bits per heavy atom. The van der Waals surface area contributed by atoms with Crippen LogP contribution in [-0.2, 0) is 4.79 Å². The normalized spacial score (nSPS) is 16.4. The summed E-state index contributed by atoms with van der Waals surface area (Å²) in [7, 11) is 1.56. The highest BCUT2D eigenvalue weighted by Crippen LogP contribution is 2.26. The zero-order valence-electron chi connectivity index (χ0n) is 16.2. The molecule has 1 aliphatic rings. The molecule has 3 amide bonds. The number of nitrogens with one attached hydrogen (secondary N) is 2. The Morgan fingerprint density at radius 2 is 2.00 bits per heavy atom. The van der Waals surface area contributed by atoms with Crippen molar-refractivity contribution in [3.63, 3.8) is 0 Å². The molecule has 1 atom stereocenters. The first-order chi connectivity index (χ1) is 13.5. The smallest absolute Gasteiger partial charge is 0.321 e. The molecule has 2 aromatic rings. The molecule has 0 spiro atoms. The molecule has 7 nitrogen and oxygen atoms in total. The highest BCUT2D eigenvalue weighted by molar-refractivity contribution is 5.96. The number of carbonyl (C=O) groups is 2. The molecule has 0 aliphatic carbocycles. The lowest BCUT2D eigenvalue weighted by Crippen LogP contribution is -2.45. The molecule has 28 heavy (non-hydrogen) atoms. The van der Waals surface area contributed by atoms with Gasteiger partial charge in [-0.25, -0.2) is 4.79 Å². The van der Waals surface area contributed by atoms with Crippen molar-refractivity contribution in [3.05, 3.63) is 48.0 Å². The third-order valence-corrected chi connectivity index (χ3v) is 4.87. The van der Waals surface area contributed by atoms with Crippen LogP contribution in [0.1, 0.15) is 18.4 Å². The van der Waals surface area contributed by atoms with Gasteiger partial charge >= 0.3 is 6.03 Å². The topological polar surface area (TPSA) is 96.7 Å². The van der Waals surface area contributed by atoms with Gasteiger partial charge in [0.05, 0.1) is 24.4 Å². The fraction of sp³-hybridized carbons (Fsp3) is 0.333. The third kappa shape index (κ3) is 4.73. The summed E-state index contributed by atoms with van der Waals surface area (Å²) in [5.74, 6) is 0.183. The number of ether oxygens (including phenoxy) is 1. The van der Waals surface area contributed by atoms with Crippen molar-refractivity contribution < 1.29 is 14.3 Å². The van der Waals surface area contributed by atoms with Gasteiger partial charge in [-0.3, -0.25) is 4.79 Å². The van der Waals surface area contributed by atoms with E-state index >= 15 is 0 Å². The Balaban J connectivity index is 1.62. The Labute approximate surface area is 164 Å². The van der Waals surface area contributed by atoms with Gasteiger partial charge in [0.2, 0.25) is 5.91 Å². The molecule has 1 unspecified atom stereocenters. The Bertz CT molecular complexity index is 868.